The molecular formula is C10H7BrO2S. The summed E-state index contributed by atoms with van der Waals surface area (Å²) in [5.74, 6) is 0. The molecule has 1 N–H and O–H groups in total. The summed E-state index contributed by atoms with van der Waals surface area (Å²) in [6.45, 7) is 0.00169. The molecule has 0 radical (unpaired) electrons. The molecule has 0 bridgehead atoms. The Morgan fingerprint density at radius 1 is 1.50 bits per heavy atom. The Hall–Kier alpha value is -0.710. The van der Waals surface area contributed by atoms with E-state index in [4.69, 9.17) is 5.11 Å². The summed E-state index contributed by atoms with van der Waals surface area (Å²) in [5.41, 5.74) is 1.49. The van der Waals surface area contributed by atoms with Crippen LogP contribution in [0, 0.1) is 0 Å². The maximum absolute atomic E-state index is 10.8. The van der Waals surface area contributed by atoms with E-state index in [0.29, 0.717) is 5.56 Å². The van der Waals surface area contributed by atoms with E-state index in [1.54, 1.807) is 0 Å². The van der Waals surface area contributed by atoms with Gasteiger partial charge in [0, 0.05) is 15.6 Å². The fourth-order valence-electron chi connectivity index (χ4n) is 1.34. The number of aliphatic hydroxyl groups excluding tert-OH is 1. The molecule has 2 rings (SSSR count). The van der Waals surface area contributed by atoms with Crippen LogP contribution in [0.3, 0.4) is 0 Å². The molecule has 1 aromatic heterocycles. The smallest absolute Gasteiger partial charge is 0.152 e. The lowest BCUT2D eigenvalue weighted by Gasteiger charge is -1.95. The number of carbonyl (C=O) groups excluding carboxylic acids is 1. The summed E-state index contributed by atoms with van der Waals surface area (Å²) in [5, 5.41) is 9.88. The first-order valence-corrected chi connectivity index (χ1v) is 5.64. The van der Waals surface area contributed by atoms with Crippen LogP contribution in [0.15, 0.2) is 22.0 Å². The van der Waals surface area contributed by atoms with Gasteiger partial charge >= 0.3 is 0 Å². The van der Waals surface area contributed by atoms with Crippen LogP contribution in [0.1, 0.15) is 15.9 Å². The van der Waals surface area contributed by atoms with Crippen LogP contribution in [0.2, 0.25) is 0 Å². The van der Waals surface area contributed by atoms with Gasteiger partial charge in [0.1, 0.15) is 0 Å². The summed E-state index contributed by atoms with van der Waals surface area (Å²) in [4.78, 5) is 10.8. The number of halogens is 1. The highest BCUT2D eigenvalue weighted by molar-refractivity contribution is 9.11. The second-order valence-electron chi connectivity index (χ2n) is 2.90. The molecule has 4 heteroatoms. The molecule has 0 aliphatic carbocycles. The van der Waals surface area contributed by atoms with Gasteiger partial charge in [-0.1, -0.05) is 6.07 Å². The predicted octanol–water partition coefficient (Wildman–Crippen LogP) is 2.97. The van der Waals surface area contributed by atoms with Crippen molar-refractivity contribution < 1.29 is 9.90 Å². The van der Waals surface area contributed by atoms with Gasteiger partial charge in [0.15, 0.2) is 6.29 Å². The molecule has 2 nitrogen and oxygen atoms in total. The third kappa shape index (κ3) is 1.49. The number of aldehydes is 1. The van der Waals surface area contributed by atoms with Crippen LogP contribution in [0.25, 0.3) is 10.1 Å². The van der Waals surface area contributed by atoms with E-state index < -0.39 is 0 Å². The third-order valence-electron chi connectivity index (χ3n) is 2.05. The van der Waals surface area contributed by atoms with Crippen LogP contribution in [0.4, 0.5) is 0 Å². The van der Waals surface area contributed by atoms with Crippen LogP contribution in [0.5, 0.6) is 0 Å². The molecule has 0 aliphatic rings. The molecular weight excluding hydrogens is 264 g/mol. The van der Waals surface area contributed by atoms with Gasteiger partial charge in [-0.3, -0.25) is 4.79 Å². The molecule has 0 saturated carbocycles. The lowest BCUT2D eigenvalue weighted by Crippen LogP contribution is -1.83. The Morgan fingerprint density at radius 3 is 2.93 bits per heavy atom. The number of rotatable bonds is 2. The highest BCUT2D eigenvalue weighted by atomic mass is 79.9. The average molecular weight is 271 g/mol. The SMILES string of the molecule is O=Cc1c(Br)sc2ccc(CO)cc12. The van der Waals surface area contributed by atoms with Crippen molar-refractivity contribution >= 4 is 43.6 Å². The van der Waals surface area contributed by atoms with Crippen molar-refractivity contribution in [3.05, 3.63) is 33.1 Å². The number of thiophene rings is 1. The molecule has 0 spiro atoms. The summed E-state index contributed by atoms with van der Waals surface area (Å²) in [7, 11) is 0. The number of fused-ring (bicyclic) bond motifs is 1. The number of hydrogen-bond donors (Lipinski definition) is 1. The monoisotopic (exact) mass is 270 g/mol. The Labute approximate surface area is 93.3 Å². The lowest BCUT2D eigenvalue weighted by atomic mass is 10.1. The van der Waals surface area contributed by atoms with Gasteiger partial charge in [0.25, 0.3) is 0 Å². The summed E-state index contributed by atoms with van der Waals surface area (Å²) < 4.78 is 1.90. The summed E-state index contributed by atoms with van der Waals surface area (Å²) in [6.07, 6.45) is 0.837. The van der Waals surface area contributed by atoms with Crippen LogP contribution in [-0.2, 0) is 6.61 Å². The van der Waals surface area contributed by atoms with Gasteiger partial charge in [0.05, 0.1) is 10.4 Å². The van der Waals surface area contributed by atoms with Gasteiger partial charge in [0.2, 0.25) is 0 Å². The minimum atomic E-state index is 0.00169. The molecule has 1 heterocycles. The van der Waals surface area contributed by atoms with Gasteiger partial charge < -0.3 is 5.11 Å². The van der Waals surface area contributed by atoms with Crippen LogP contribution in [-0.4, -0.2) is 11.4 Å². The molecule has 0 atom stereocenters. The van der Waals surface area contributed by atoms with Crippen molar-refractivity contribution in [1.82, 2.24) is 0 Å². The van der Waals surface area contributed by atoms with Gasteiger partial charge in [-0.25, -0.2) is 0 Å². The van der Waals surface area contributed by atoms with Gasteiger partial charge in [-0.2, -0.15) is 0 Å². The number of hydrogen-bond acceptors (Lipinski definition) is 3. The zero-order valence-electron chi connectivity index (χ0n) is 7.16. The van der Waals surface area contributed by atoms with E-state index in [-0.39, 0.29) is 6.61 Å². The molecule has 0 saturated heterocycles. The zero-order valence-corrected chi connectivity index (χ0v) is 9.56. The second kappa shape index (κ2) is 3.81. The van der Waals surface area contributed by atoms with Gasteiger partial charge in [-0.05, 0) is 33.6 Å². The van der Waals surface area contributed by atoms with Crippen LogP contribution < -0.4 is 0 Å². The largest absolute Gasteiger partial charge is 0.392 e. The fraction of sp³-hybridized carbons (Fsp3) is 0.100. The lowest BCUT2D eigenvalue weighted by molar-refractivity contribution is 0.112. The quantitative estimate of drug-likeness (QED) is 0.852. The van der Waals surface area contributed by atoms with Crippen molar-refractivity contribution in [3.63, 3.8) is 0 Å². The molecule has 0 aliphatic heterocycles. The first kappa shape index (κ1) is 9.83. The van der Waals surface area contributed by atoms with E-state index in [1.807, 2.05) is 18.2 Å². The maximum atomic E-state index is 10.8. The zero-order chi connectivity index (χ0) is 10.1. The van der Waals surface area contributed by atoms with Crippen molar-refractivity contribution in [2.45, 2.75) is 6.61 Å². The molecule has 1 aromatic carbocycles. The highest BCUT2D eigenvalue weighted by Gasteiger charge is 2.09. The fourth-order valence-corrected chi connectivity index (χ4v) is 3.05. The Kier molecular flexibility index (Phi) is 2.67. The highest BCUT2D eigenvalue weighted by Crippen LogP contribution is 2.34. The minimum absolute atomic E-state index is 0.00169. The summed E-state index contributed by atoms with van der Waals surface area (Å²) >= 11 is 4.87. The predicted molar refractivity (Wildman–Crippen MR) is 60.8 cm³/mol. The molecule has 0 amide bonds. The summed E-state index contributed by atoms with van der Waals surface area (Å²) in [6, 6.07) is 5.63. The minimum Gasteiger partial charge on any atom is -0.392 e. The number of aliphatic hydroxyl groups is 1. The normalized spacial score (nSPS) is 10.7. The van der Waals surface area contributed by atoms with Crippen molar-refractivity contribution in [1.29, 1.82) is 0 Å². The molecule has 0 unspecified atom stereocenters. The third-order valence-corrected chi connectivity index (χ3v) is 3.93. The number of carbonyl (C=O) groups is 1. The van der Waals surface area contributed by atoms with Crippen molar-refractivity contribution in [3.8, 4) is 0 Å². The van der Waals surface area contributed by atoms with Gasteiger partial charge in [-0.15, -0.1) is 11.3 Å². The second-order valence-corrected chi connectivity index (χ2v) is 5.27. The first-order valence-electron chi connectivity index (χ1n) is 4.03. The van der Waals surface area contributed by atoms with E-state index in [9.17, 15) is 4.79 Å². The Morgan fingerprint density at radius 2 is 2.29 bits per heavy atom. The van der Waals surface area contributed by atoms with Crippen molar-refractivity contribution in [2.24, 2.45) is 0 Å². The average Bonchev–Trinajstić information content (AvgIpc) is 2.52. The maximum Gasteiger partial charge on any atom is 0.152 e. The molecule has 0 fully saturated rings. The van der Waals surface area contributed by atoms with E-state index in [0.717, 1.165) is 25.7 Å². The first-order chi connectivity index (χ1) is 6.76. The molecule has 72 valence electrons. The molecule has 14 heavy (non-hydrogen) atoms. The standard InChI is InChI=1S/C10H7BrO2S/c11-10-8(5-13)7-3-6(4-12)1-2-9(7)14-10/h1-3,5,12H,4H2. The topological polar surface area (TPSA) is 37.3 Å². The van der Waals surface area contributed by atoms with E-state index in [2.05, 4.69) is 15.9 Å². The van der Waals surface area contributed by atoms with E-state index >= 15 is 0 Å². The Bertz CT molecular complexity index is 490. The Balaban J connectivity index is 2.77. The van der Waals surface area contributed by atoms with Crippen molar-refractivity contribution in [2.75, 3.05) is 0 Å². The van der Waals surface area contributed by atoms with E-state index in [1.165, 1.54) is 11.3 Å². The van der Waals surface area contributed by atoms with Crippen LogP contribution >= 0.6 is 27.3 Å². The number of benzene rings is 1. The molecule has 2 aromatic rings.